The molecular weight excluding hydrogens is 218 g/mol. The van der Waals surface area contributed by atoms with E-state index in [-0.39, 0.29) is 0 Å². The lowest BCUT2D eigenvalue weighted by Gasteiger charge is -2.12. The summed E-state index contributed by atoms with van der Waals surface area (Å²) in [6.07, 6.45) is 6.16. The monoisotopic (exact) mass is 233 g/mol. The molecule has 2 atom stereocenters. The third kappa shape index (κ3) is 1.51. The Morgan fingerprint density at radius 1 is 1.00 bits per heavy atom. The van der Waals surface area contributed by atoms with Crippen LogP contribution in [0.15, 0.2) is 54.1 Å². The van der Waals surface area contributed by atoms with Gasteiger partial charge in [0.25, 0.3) is 0 Å². The number of para-hydroxylation sites is 1. The minimum atomic E-state index is 0.775. The molecule has 1 heterocycles. The van der Waals surface area contributed by atoms with Gasteiger partial charge in [-0.25, -0.2) is 4.98 Å². The largest absolute Gasteiger partial charge is 0.248 e. The molecule has 2 aliphatic carbocycles. The quantitative estimate of drug-likeness (QED) is 0.718. The average molecular weight is 233 g/mol. The van der Waals surface area contributed by atoms with E-state index in [1.165, 1.54) is 23.0 Å². The van der Waals surface area contributed by atoms with Crippen molar-refractivity contribution < 1.29 is 0 Å². The van der Waals surface area contributed by atoms with Gasteiger partial charge in [-0.2, -0.15) is 0 Å². The summed E-state index contributed by atoms with van der Waals surface area (Å²) in [5.41, 5.74) is 4.92. The van der Waals surface area contributed by atoms with Gasteiger partial charge >= 0.3 is 0 Å². The first-order valence-electron chi connectivity index (χ1n) is 6.58. The van der Waals surface area contributed by atoms with Gasteiger partial charge in [-0.15, -0.1) is 0 Å². The van der Waals surface area contributed by atoms with E-state index in [1.54, 1.807) is 0 Å². The third-order valence-electron chi connectivity index (χ3n) is 4.04. The second kappa shape index (κ2) is 3.55. The molecule has 0 aliphatic heterocycles. The van der Waals surface area contributed by atoms with Crippen molar-refractivity contribution >= 4 is 16.5 Å². The molecule has 1 aromatic carbocycles. The predicted octanol–water partition coefficient (Wildman–Crippen LogP) is 4.21. The van der Waals surface area contributed by atoms with E-state index in [0.717, 1.165) is 23.0 Å². The molecule has 2 aliphatic rings. The van der Waals surface area contributed by atoms with Gasteiger partial charge in [-0.1, -0.05) is 36.4 Å². The van der Waals surface area contributed by atoms with E-state index < -0.39 is 0 Å². The summed E-state index contributed by atoms with van der Waals surface area (Å²) in [5, 5.41) is 1.21. The lowest BCUT2D eigenvalue weighted by Crippen LogP contribution is -1.96. The molecule has 0 N–H and O–H groups in total. The normalized spacial score (nSPS) is 25.4. The number of benzene rings is 1. The predicted molar refractivity (Wildman–Crippen MR) is 75.1 cm³/mol. The summed E-state index contributed by atoms with van der Waals surface area (Å²) in [6.45, 7) is 2.21. The molecule has 1 saturated carbocycles. The number of hydrogen-bond donors (Lipinski definition) is 0. The number of rotatable bonds is 1. The van der Waals surface area contributed by atoms with E-state index in [4.69, 9.17) is 4.98 Å². The van der Waals surface area contributed by atoms with Crippen LogP contribution in [0, 0.1) is 11.8 Å². The zero-order chi connectivity index (χ0) is 12.1. The minimum Gasteiger partial charge on any atom is -0.248 e. The molecule has 1 heteroatoms. The van der Waals surface area contributed by atoms with Crippen molar-refractivity contribution in [2.24, 2.45) is 11.8 Å². The first-order valence-corrected chi connectivity index (χ1v) is 6.58. The van der Waals surface area contributed by atoms with Gasteiger partial charge in [-0.05, 0) is 48.5 Å². The Bertz CT molecular complexity index is 694. The highest BCUT2D eigenvalue weighted by Crippen LogP contribution is 2.48. The van der Waals surface area contributed by atoms with Crippen LogP contribution in [0.25, 0.3) is 16.5 Å². The van der Waals surface area contributed by atoms with E-state index >= 15 is 0 Å². The molecule has 18 heavy (non-hydrogen) atoms. The highest BCUT2D eigenvalue weighted by atomic mass is 14.7. The Labute approximate surface area is 107 Å². The first kappa shape index (κ1) is 10.1. The van der Waals surface area contributed by atoms with Crippen LogP contribution in [-0.4, -0.2) is 4.98 Å². The van der Waals surface area contributed by atoms with Crippen LogP contribution in [0.4, 0.5) is 0 Å². The van der Waals surface area contributed by atoms with Crippen molar-refractivity contribution in [2.45, 2.75) is 13.3 Å². The fourth-order valence-corrected chi connectivity index (χ4v) is 2.88. The van der Waals surface area contributed by atoms with Crippen LogP contribution < -0.4 is 0 Å². The summed E-state index contributed by atoms with van der Waals surface area (Å²) in [6, 6.07) is 12.6. The molecule has 1 fully saturated rings. The van der Waals surface area contributed by atoms with Crippen molar-refractivity contribution in [3.05, 3.63) is 59.8 Å². The van der Waals surface area contributed by atoms with E-state index in [2.05, 4.69) is 49.4 Å². The molecule has 4 rings (SSSR count). The molecular formula is C17H15N. The van der Waals surface area contributed by atoms with Crippen molar-refractivity contribution in [1.82, 2.24) is 4.98 Å². The van der Waals surface area contributed by atoms with Crippen LogP contribution in [0.5, 0.6) is 0 Å². The van der Waals surface area contributed by atoms with Gasteiger partial charge in [0, 0.05) is 5.39 Å². The lowest BCUT2D eigenvalue weighted by molar-refractivity contribution is 0.967. The van der Waals surface area contributed by atoms with E-state index in [1.807, 2.05) is 6.07 Å². The molecule has 0 amide bonds. The number of fused-ring (bicyclic) bond motifs is 2. The summed E-state index contributed by atoms with van der Waals surface area (Å²) in [7, 11) is 0. The van der Waals surface area contributed by atoms with Crippen LogP contribution in [0.3, 0.4) is 0 Å². The fourth-order valence-electron chi connectivity index (χ4n) is 2.88. The van der Waals surface area contributed by atoms with E-state index in [9.17, 15) is 0 Å². The maximum absolute atomic E-state index is 4.79. The van der Waals surface area contributed by atoms with Crippen molar-refractivity contribution in [2.75, 3.05) is 0 Å². The van der Waals surface area contributed by atoms with Gasteiger partial charge < -0.3 is 0 Å². The smallest absolute Gasteiger partial charge is 0.0709 e. The third-order valence-corrected chi connectivity index (χ3v) is 4.04. The molecule has 1 nitrogen and oxygen atoms in total. The lowest BCUT2D eigenvalue weighted by atomic mass is 9.96. The minimum absolute atomic E-state index is 0.775. The molecule has 1 aromatic heterocycles. The Morgan fingerprint density at radius 3 is 2.78 bits per heavy atom. The Hall–Kier alpha value is -1.89. The highest BCUT2D eigenvalue weighted by molar-refractivity contribution is 5.84. The SMILES string of the molecule is CC1=CC2CC2C=C1c1ccc2ccccc2n1. The summed E-state index contributed by atoms with van der Waals surface area (Å²) >= 11 is 0. The molecule has 0 saturated heterocycles. The van der Waals surface area contributed by atoms with Gasteiger partial charge in [0.05, 0.1) is 11.2 Å². The fraction of sp³-hybridized carbons (Fsp3) is 0.235. The van der Waals surface area contributed by atoms with Gasteiger partial charge in [-0.3, -0.25) is 0 Å². The number of allylic oxidation sites excluding steroid dienone is 4. The molecule has 0 spiro atoms. The van der Waals surface area contributed by atoms with Crippen molar-refractivity contribution in [3.8, 4) is 0 Å². The van der Waals surface area contributed by atoms with Gasteiger partial charge in [0.1, 0.15) is 0 Å². The van der Waals surface area contributed by atoms with Gasteiger partial charge in [0.15, 0.2) is 0 Å². The maximum Gasteiger partial charge on any atom is 0.0709 e. The topological polar surface area (TPSA) is 12.9 Å². The molecule has 2 aromatic rings. The Kier molecular flexibility index (Phi) is 1.99. The Morgan fingerprint density at radius 2 is 1.83 bits per heavy atom. The van der Waals surface area contributed by atoms with Crippen molar-refractivity contribution in [3.63, 3.8) is 0 Å². The Balaban J connectivity index is 1.85. The standard InChI is InChI=1S/C17H15N/c1-11-8-13-9-14(13)10-15(11)17-7-6-12-4-2-3-5-16(12)18-17/h2-8,10,13-14H,9H2,1H3. The van der Waals surface area contributed by atoms with Crippen LogP contribution in [0.2, 0.25) is 0 Å². The zero-order valence-electron chi connectivity index (χ0n) is 10.4. The van der Waals surface area contributed by atoms with E-state index in [0.29, 0.717) is 0 Å². The molecule has 2 unspecified atom stereocenters. The highest BCUT2D eigenvalue weighted by Gasteiger charge is 2.36. The van der Waals surface area contributed by atoms with Crippen molar-refractivity contribution in [1.29, 1.82) is 0 Å². The average Bonchev–Trinajstić information content (AvgIpc) is 3.15. The summed E-state index contributed by atoms with van der Waals surface area (Å²) in [5.74, 6) is 1.59. The summed E-state index contributed by atoms with van der Waals surface area (Å²) in [4.78, 5) is 4.79. The number of aromatic nitrogens is 1. The molecule has 0 radical (unpaired) electrons. The van der Waals surface area contributed by atoms with Crippen LogP contribution in [0.1, 0.15) is 19.0 Å². The van der Waals surface area contributed by atoms with Crippen LogP contribution >= 0.6 is 0 Å². The number of nitrogens with zero attached hydrogens (tertiary/aromatic N) is 1. The maximum atomic E-state index is 4.79. The molecule has 88 valence electrons. The van der Waals surface area contributed by atoms with Gasteiger partial charge in [0.2, 0.25) is 0 Å². The number of pyridine rings is 1. The second-order valence-electron chi connectivity index (χ2n) is 5.38. The summed E-state index contributed by atoms with van der Waals surface area (Å²) < 4.78 is 0. The zero-order valence-corrected chi connectivity index (χ0v) is 10.4. The molecule has 0 bridgehead atoms. The number of hydrogen-bond acceptors (Lipinski definition) is 1. The van der Waals surface area contributed by atoms with Crippen LogP contribution in [-0.2, 0) is 0 Å². The first-order chi connectivity index (χ1) is 8.81. The second-order valence-corrected chi connectivity index (χ2v) is 5.38.